The number of alkyl halides is 3. The molecule has 1 heterocycles. The maximum absolute atomic E-state index is 12.2. The van der Waals surface area contributed by atoms with Gasteiger partial charge in [-0.15, -0.1) is 0 Å². The molecule has 7 heteroatoms. The molecule has 0 aliphatic carbocycles. The van der Waals surface area contributed by atoms with Crippen LogP contribution in [-0.2, 0) is 6.18 Å². The van der Waals surface area contributed by atoms with Gasteiger partial charge >= 0.3 is 6.18 Å². The Morgan fingerprint density at radius 2 is 2.07 bits per heavy atom. The number of nitrogens with one attached hydrogen (secondary N) is 2. The van der Waals surface area contributed by atoms with Crippen molar-refractivity contribution in [2.45, 2.75) is 6.18 Å². The molecule has 2 N–H and O–H groups in total. The highest BCUT2D eigenvalue weighted by Crippen LogP contribution is 2.26. The van der Waals surface area contributed by atoms with Crippen molar-refractivity contribution in [2.75, 3.05) is 7.05 Å². The Morgan fingerprint density at radius 1 is 1.47 bits per heavy atom. The first-order valence-electron chi connectivity index (χ1n) is 3.88. The standard InChI is InChI=1S/C8H7F3N2O2/c1-12-6(14)4-2-5(8(9,10)11)7(15)13-3-4/h2-3H,1H3,(H,12,14)(H,13,15). The Bertz CT molecular complexity index is 436. The van der Waals surface area contributed by atoms with E-state index >= 15 is 0 Å². The number of carbonyl (C=O) groups excluding carboxylic acids is 1. The molecule has 0 saturated heterocycles. The van der Waals surface area contributed by atoms with E-state index in [0.717, 1.165) is 6.20 Å². The first-order chi connectivity index (χ1) is 6.86. The topological polar surface area (TPSA) is 62.0 Å². The van der Waals surface area contributed by atoms with Gasteiger partial charge in [0.05, 0.1) is 5.56 Å². The molecule has 0 spiro atoms. The predicted octanol–water partition coefficient (Wildman–Crippen LogP) is 0.753. The molecular formula is C8H7F3N2O2. The van der Waals surface area contributed by atoms with Gasteiger partial charge in [0.25, 0.3) is 11.5 Å². The Morgan fingerprint density at radius 3 is 2.53 bits per heavy atom. The molecule has 0 bridgehead atoms. The minimum Gasteiger partial charge on any atom is -0.355 e. The zero-order valence-corrected chi connectivity index (χ0v) is 7.61. The van der Waals surface area contributed by atoms with Crippen molar-refractivity contribution in [3.8, 4) is 0 Å². The minimum atomic E-state index is -4.77. The molecule has 1 rings (SSSR count). The zero-order valence-electron chi connectivity index (χ0n) is 7.61. The maximum Gasteiger partial charge on any atom is 0.421 e. The lowest BCUT2D eigenvalue weighted by Gasteiger charge is -2.06. The van der Waals surface area contributed by atoms with E-state index < -0.39 is 23.2 Å². The van der Waals surface area contributed by atoms with Crippen LogP contribution in [0.1, 0.15) is 15.9 Å². The number of aromatic nitrogens is 1. The van der Waals surface area contributed by atoms with E-state index in [9.17, 15) is 22.8 Å². The first-order valence-corrected chi connectivity index (χ1v) is 3.88. The second-order valence-electron chi connectivity index (χ2n) is 2.71. The third kappa shape index (κ3) is 2.36. The molecule has 4 nitrogen and oxygen atoms in total. The molecule has 0 fully saturated rings. The lowest BCUT2D eigenvalue weighted by atomic mass is 10.2. The number of aromatic amines is 1. The summed E-state index contributed by atoms with van der Waals surface area (Å²) in [5.74, 6) is -0.697. The van der Waals surface area contributed by atoms with Crippen LogP contribution in [-0.4, -0.2) is 17.9 Å². The molecule has 1 aromatic heterocycles. The Kier molecular flexibility index (Phi) is 2.83. The SMILES string of the molecule is CNC(=O)c1c[nH]c(=O)c(C(F)(F)F)c1. The Balaban J connectivity index is 3.29. The van der Waals surface area contributed by atoms with E-state index in [4.69, 9.17) is 0 Å². The highest BCUT2D eigenvalue weighted by molar-refractivity contribution is 5.93. The van der Waals surface area contributed by atoms with Crippen LogP contribution >= 0.6 is 0 Å². The molecule has 1 amide bonds. The van der Waals surface area contributed by atoms with Gasteiger partial charge in [0.2, 0.25) is 0 Å². The van der Waals surface area contributed by atoms with Gasteiger partial charge in [0.1, 0.15) is 5.56 Å². The number of halogens is 3. The molecule has 1 aromatic rings. The second-order valence-corrected chi connectivity index (χ2v) is 2.71. The van der Waals surface area contributed by atoms with Crippen LogP contribution in [0.5, 0.6) is 0 Å². The highest BCUT2D eigenvalue weighted by Gasteiger charge is 2.34. The quantitative estimate of drug-likeness (QED) is 0.733. The summed E-state index contributed by atoms with van der Waals surface area (Å²) in [5, 5.41) is 2.15. The van der Waals surface area contributed by atoms with Gasteiger partial charge < -0.3 is 10.3 Å². The number of pyridine rings is 1. The fourth-order valence-electron chi connectivity index (χ4n) is 0.970. The Labute approximate surface area is 82.1 Å². The summed E-state index contributed by atoms with van der Waals surface area (Å²) in [4.78, 5) is 23.7. The van der Waals surface area contributed by atoms with Gasteiger partial charge in [-0.2, -0.15) is 13.2 Å². The number of hydrogen-bond donors (Lipinski definition) is 2. The minimum absolute atomic E-state index is 0.246. The van der Waals surface area contributed by atoms with Gasteiger partial charge in [0, 0.05) is 13.2 Å². The first kappa shape index (κ1) is 11.3. The molecule has 82 valence electrons. The van der Waals surface area contributed by atoms with Gasteiger partial charge in [-0.05, 0) is 6.07 Å². The Hall–Kier alpha value is -1.79. The number of hydrogen-bond acceptors (Lipinski definition) is 2. The van der Waals surface area contributed by atoms with Gasteiger partial charge in [-0.1, -0.05) is 0 Å². The normalized spacial score (nSPS) is 11.2. The van der Waals surface area contributed by atoms with Gasteiger partial charge in [0.15, 0.2) is 0 Å². The molecule has 0 saturated carbocycles. The van der Waals surface area contributed by atoms with Crippen molar-refractivity contribution in [3.05, 3.63) is 33.7 Å². The number of rotatable bonds is 1. The summed E-state index contributed by atoms with van der Waals surface area (Å²) in [6.07, 6.45) is -3.84. The summed E-state index contributed by atoms with van der Waals surface area (Å²) in [6.45, 7) is 0. The predicted molar refractivity (Wildman–Crippen MR) is 45.5 cm³/mol. The molecule has 0 atom stereocenters. The van der Waals surface area contributed by atoms with Crippen molar-refractivity contribution in [3.63, 3.8) is 0 Å². The fourth-order valence-corrected chi connectivity index (χ4v) is 0.970. The summed E-state index contributed by atoms with van der Waals surface area (Å²) in [5.41, 5.74) is -2.90. The van der Waals surface area contributed by atoms with Crippen molar-refractivity contribution < 1.29 is 18.0 Å². The molecule has 15 heavy (non-hydrogen) atoms. The summed E-state index contributed by atoms with van der Waals surface area (Å²) in [6, 6.07) is 0.512. The van der Waals surface area contributed by atoms with Crippen LogP contribution < -0.4 is 10.9 Å². The molecular weight excluding hydrogens is 213 g/mol. The van der Waals surface area contributed by atoms with Crippen LogP contribution in [0.2, 0.25) is 0 Å². The van der Waals surface area contributed by atoms with Crippen LogP contribution in [0.15, 0.2) is 17.1 Å². The smallest absolute Gasteiger partial charge is 0.355 e. The van der Waals surface area contributed by atoms with E-state index in [2.05, 4.69) is 5.32 Å². The molecule has 0 unspecified atom stereocenters. The largest absolute Gasteiger partial charge is 0.421 e. The van der Waals surface area contributed by atoms with Crippen LogP contribution in [0.3, 0.4) is 0 Å². The van der Waals surface area contributed by atoms with Gasteiger partial charge in [-0.25, -0.2) is 0 Å². The zero-order chi connectivity index (χ0) is 11.6. The van der Waals surface area contributed by atoms with Crippen molar-refractivity contribution in [1.29, 1.82) is 0 Å². The average molecular weight is 220 g/mol. The number of amides is 1. The van der Waals surface area contributed by atoms with Crippen molar-refractivity contribution in [1.82, 2.24) is 10.3 Å². The molecule has 0 aliphatic heterocycles. The summed E-state index contributed by atoms with van der Waals surface area (Å²) < 4.78 is 36.7. The van der Waals surface area contributed by atoms with Crippen molar-refractivity contribution >= 4 is 5.91 Å². The third-order valence-corrected chi connectivity index (χ3v) is 1.70. The number of carbonyl (C=O) groups is 1. The van der Waals surface area contributed by atoms with E-state index in [1.807, 2.05) is 4.98 Å². The van der Waals surface area contributed by atoms with E-state index in [-0.39, 0.29) is 5.56 Å². The van der Waals surface area contributed by atoms with E-state index in [1.54, 1.807) is 0 Å². The summed E-state index contributed by atoms with van der Waals surface area (Å²) >= 11 is 0. The van der Waals surface area contributed by atoms with Crippen LogP contribution in [0, 0.1) is 0 Å². The lowest BCUT2D eigenvalue weighted by molar-refractivity contribution is -0.138. The van der Waals surface area contributed by atoms with Crippen molar-refractivity contribution in [2.24, 2.45) is 0 Å². The van der Waals surface area contributed by atoms with Crippen LogP contribution in [0.25, 0.3) is 0 Å². The van der Waals surface area contributed by atoms with E-state index in [1.165, 1.54) is 7.05 Å². The van der Waals surface area contributed by atoms with E-state index in [0.29, 0.717) is 6.07 Å². The highest BCUT2D eigenvalue weighted by atomic mass is 19.4. The fraction of sp³-hybridized carbons (Fsp3) is 0.250. The maximum atomic E-state index is 12.2. The van der Waals surface area contributed by atoms with Crippen LogP contribution in [0.4, 0.5) is 13.2 Å². The molecule has 0 aliphatic rings. The lowest BCUT2D eigenvalue weighted by Crippen LogP contribution is -2.25. The average Bonchev–Trinajstić information content (AvgIpc) is 2.15. The summed E-state index contributed by atoms with van der Waals surface area (Å²) in [7, 11) is 1.28. The molecule has 0 radical (unpaired) electrons. The number of H-pyrrole nitrogens is 1. The van der Waals surface area contributed by atoms with Gasteiger partial charge in [-0.3, -0.25) is 9.59 Å². The monoisotopic (exact) mass is 220 g/mol. The second kappa shape index (κ2) is 3.76. The molecule has 0 aromatic carbocycles. The third-order valence-electron chi connectivity index (χ3n) is 1.70.